The van der Waals surface area contributed by atoms with E-state index in [1.807, 2.05) is 6.92 Å². The molecule has 2 heterocycles. The van der Waals surface area contributed by atoms with Gasteiger partial charge in [0.05, 0.1) is 4.90 Å². The van der Waals surface area contributed by atoms with Gasteiger partial charge in [-0.25, -0.2) is 8.42 Å². The van der Waals surface area contributed by atoms with Crippen LogP contribution in [0, 0.1) is 5.92 Å². The third-order valence-corrected chi connectivity index (χ3v) is 5.95. The molecule has 2 atom stereocenters. The van der Waals surface area contributed by atoms with Gasteiger partial charge in [0.25, 0.3) is 0 Å². The predicted molar refractivity (Wildman–Crippen MR) is 77.9 cm³/mol. The maximum atomic E-state index is 12.7. The zero-order valence-corrected chi connectivity index (χ0v) is 12.8. The van der Waals surface area contributed by atoms with Crippen LogP contribution in [0.1, 0.15) is 13.3 Å². The minimum Gasteiger partial charge on any atom is -0.486 e. The molecule has 2 aliphatic heterocycles. The fourth-order valence-electron chi connectivity index (χ4n) is 2.68. The second-order valence-electron chi connectivity index (χ2n) is 5.60. The molecule has 1 aromatic carbocycles. The molecular formula is C14H20N2O4S. The number of fused-ring (bicyclic) bond motifs is 1. The minimum atomic E-state index is -3.51. The van der Waals surface area contributed by atoms with Gasteiger partial charge in [-0.1, -0.05) is 6.92 Å². The van der Waals surface area contributed by atoms with Gasteiger partial charge in [-0.3, -0.25) is 0 Å². The maximum Gasteiger partial charge on any atom is 0.243 e. The van der Waals surface area contributed by atoms with E-state index in [1.165, 1.54) is 4.31 Å². The van der Waals surface area contributed by atoms with Crippen LogP contribution in [-0.2, 0) is 10.0 Å². The number of piperidine rings is 1. The van der Waals surface area contributed by atoms with Gasteiger partial charge < -0.3 is 15.2 Å². The van der Waals surface area contributed by atoms with Crippen LogP contribution in [0.5, 0.6) is 11.5 Å². The summed E-state index contributed by atoms with van der Waals surface area (Å²) >= 11 is 0. The van der Waals surface area contributed by atoms with Gasteiger partial charge in [-0.15, -0.1) is 0 Å². The molecule has 0 saturated carbocycles. The predicted octanol–water partition coefficient (Wildman–Crippen LogP) is 0.816. The van der Waals surface area contributed by atoms with Crippen molar-refractivity contribution < 1.29 is 17.9 Å². The number of hydrogen-bond acceptors (Lipinski definition) is 5. The first-order valence-electron chi connectivity index (χ1n) is 7.14. The molecule has 1 aromatic rings. The highest BCUT2D eigenvalue weighted by Gasteiger charge is 2.32. The van der Waals surface area contributed by atoms with Crippen LogP contribution in [0.4, 0.5) is 0 Å². The molecule has 1 saturated heterocycles. The van der Waals surface area contributed by atoms with Crippen molar-refractivity contribution in [3.05, 3.63) is 18.2 Å². The fraction of sp³-hybridized carbons (Fsp3) is 0.571. The van der Waals surface area contributed by atoms with Crippen molar-refractivity contribution in [2.75, 3.05) is 26.3 Å². The number of benzene rings is 1. The van der Waals surface area contributed by atoms with Crippen LogP contribution in [0.3, 0.4) is 0 Å². The summed E-state index contributed by atoms with van der Waals surface area (Å²) in [6, 6.07) is 4.84. The smallest absolute Gasteiger partial charge is 0.243 e. The largest absolute Gasteiger partial charge is 0.486 e. The van der Waals surface area contributed by atoms with Crippen LogP contribution >= 0.6 is 0 Å². The lowest BCUT2D eigenvalue weighted by Crippen LogP contribution is -2.48. The maximum absolute atomic E-state index is 12.7. The first kappa shape index (κ1) is 14.6. The first-order chi connectivity index (χ1) is 9.98. The molecule has 0 spiro atoms. The third kappa shape index (κ3) is 2.73. The number of hydrogen-bond donors (Lipinski definition) is 1. The van der Waals surface area contributed by atoms with Crippen LogP contribution in [0.2, 0.25) is 0 Å². The fourth-order valence-corrected chi connectivity index (χ4v) is 4.25. The number of ether oxygens (including phenoxy) is 2. The Labute approximate surface area is 124 Å². The summed E-state index contributed by atoms with van der Waals surface area (Å²) in [7, 11) is -3.51. The number of sulfonamides is 1. The van der Waals surface area contributed by atoms with Gasteiger partial charge in [0.2, 0.25) is 10.0 Å². The normalized spacial score (nSPS) is 26.6. The third-order valence-electron chi connectivity index (χ3n) is 4.09. The summed E-state index contributed by atoms with van der Waals surface area (Å²) in [5, 5.41) is 0. The van der Waals surface area contributed by atoms with Crippen LogP contribution in [-0.4, -0.2) is 45.1 Å². The minimum absolute atomic E-state index is 0.0664. The molecule has 0 bridgehead atoms. The highest BCUT2D eigenvalue weighted by atomic mass is 32.2. The van der Waals surface area contributed by atoms with E-state index >= 15 is 0 Å². The van der Waals surface area contributed by atoms with E-state index in [9.17, 15) is 8.42 Å². The van der Waals surface area contributed by atoms with Crippen molar-refractivity contribution in [1.29, 1.82) is 0 Å². The van der Waals surface area contributed by atoms with E-state index in [4.69, 9.17) is 15.2 Å². The van der Waals surface area contributed by atoms with E-state index in [0.29, 0.717) is 44.2 Å². The van der Waals surface area contributed by atoms with Crippen molar-refractivity contribution in [1.82, 2.24) is 4.31 Å². The number of nitrogens with zero attached hydrogens (tertiary/aromatic N) is 1. The second-order valence-corrected chi connectivity index (χ2v) is 7.54. The Balaban J connectivity index is 1.88. The Morgan fingerprint density at radius 3 is 2.67 bits per heavy atom. The van der Waals surface area contributed by atoms with Crippen molar-refractivity contribution >= 4 is 10.0 Å². The summed E-state index contributed by atoms with van der Waals surface area (Å²) in [5.41, 5.74) is 5.96. The monoisotopic (exact) mass is 312 g/mol. The van der Waals surface area contributed by atoms with Crippen LogP contribution in [0.25, 0.3) is 0 Å². The molecule has 2 unspecified atom stereocenters. The molecule has 3 rings (SSSR count). The van der Waals surface area contributed by atoms with Gasteiger partial charge in [0.15, 0.2) is 11.5 Å². The second kappa shape index (κ2) is 5.47. The van der Waals surface area contributed by atoms with Crippen molar-refractivity contribution in [2.45, 2.75) is 24.3 Å². The molecule has 1 fully saturated rings. The highest BCUT2D eigenvalue weighted by molar-refractivity contribution is 7.89. The van der Waals surface area contributed by atoms with Gasteiger partial charge in [0, 0.05) is 25.2 Å². The summed E-state index contributed by atoms with van der Waals surface area (Å²) < 4.78 is 37.8. The zero-order valence-electron chi connectivity index (χ0n) is 12.0. The average Bonchev–Trinajstić information content (AvgIpc) is 2.49. The lowest BCUT2D eigenvalue weighted by Gasteiger charge is -2.34. The highest BCUT2D eigenvalue weighted by Crippen LogP contribution is 2.33. The van der Waals surface area contributed by atoms with Gasteiger partial charge in [-0.2, -0.15) is 4.31 Å². The first-order valence-corrected chi connectivity index (χ1v) is 8.58. The Morgan fingerprint density at radius 2 is 1.95 bits per heavy atom. The lowest BCUT2D eigenvalue weighted by molar-refractivity contribution is 0.171. The molecule has 2 aliphatic rings. The Kier molecular flexibility index (Phi) is 3.81. The van der Waals surface area contributed by atoms with E-state index in [-0.39, 0.29) is 16.9 Å². The molecule has 6 nitrogen and oxygen atoms in total. The van der Waals surface area contributed by atoms with Crippen molar-refractivity contribution in [2.24, 2.45) is 11.7 Å². The Hall–Kier alpha value is -1.31. The SMILES string of the molecule is CC1CN(S(=O)(=O)c2ccc3c(c2)OCCO3)CCC1N. The molecular weight excluding hydrogens is 292 g/mol. The van der Waals surface area contributed by atoms with E-state index in [1.54, 1.807) is 18.2 Å². The summed E-state index contributed by atoms with van der Waals surface area (Å²) in [6.07, 6.45) is 0.685. The summed E-state index contributed by atoms with van der Waals surface area (Å²) in [4.78, 5) is 0.245. The average molecular weight is 312 g/mol. The van der Waals surface area contributed by atoms with Gasteiger partial charge in [0.1, 0.15) is 13.2 Å². The molecule has 21 heavy (non-hydrogen) atoms. The molecule has 7 heteroatoms. The zero-order chi connectivity index (χ0) is 15.0. The molecule has 2 N–H and O–H groups in total. The number of rotatable bonds is 2. The summed E-state index contributed by atoms with van der Waals surface area (Å²) in [5.74, 6) is 1.24. The van der Waals surface area contributed by atoms with E-state index in [0.717, 1.165) is 0 Å². The topological polar surface area (TPSA) is 81.9 Å². The van der Waals surface area contributed by atoms with E-state index < -0.39 is 10.0 Å². The number of nitrogens with two attached hydrogens (primary N) is 1. The molecule has 116 valence electrons. The molecule has 0 amide bonds. The van der Waals surface area contributed by atoms with Crippen molar-refractivity contribution in [3.8, 4) is 11.5 Å². The Bertz CT molecular complexity index is 632. The molecule has 0 aromatic heterocycles. The Morgan fingerprint density at radius 1 is 1.24 bits per heavy atom. The van der Waals surface area contributed by atoms with Crippen molar-refractivity contribution in [3.63, 3.8) is 0 Å². The van der Waals surface area contributed by atoms with Gasteiger partial charge >= 0.3 is 0 Å². The van der Waals surface area contributed by atoms with Crippen LogP contribution in [0.15, 0.2) is 23.1 Å². The van der Waals surface area contributed by atoms with E-state index in [2.05, 4.69) is 0 Å². The standard InChI is InChI=1S/C14H20N2O4S/c1-10-9-16(5-4-12(10)15)21(17,18)11-2-3-13-14(8-11)20-7-6-19-13/h2-3,8,10,12H,4-7,9,15H2,1H3. The molecule has 0 aliphatic carbocycles. The lowest BCUT2D eigenvalue weighted by atomic mass is 9.96. The summed E-state index contributed by atoms with van der Waals surface area (Å²) in [6.45, 7) is 3.82. The van der Waals surface area contributed by atoms with Crippen LogP contribution < -0.4 is 15.2 Å². The quantitative estimate of drug-likeness (QED) is 0.874. The molecule has 0 radical (unpaired) electrons. The van der Waals surface area contributed by atoms with Gasteiger partial charge in [-0.05, 0) is 24.5 Å².